The van der Waals surface area contributed by atoms with E-state index in [4.69, 9.17) is 4.74 Å². The maximum absolute atomic E-state index is 10.5. The number of carbonyl (C=O) groups excluding carboxylic acids is 1. The summed E-state index contributed by atoms with van der Waals surface area (Å²) in [7, 11) is 0. The second kappa shape index (κ2) is 3.01. The highest BCUT2D eigenvalue weighted by Gasteiger charge is 2.20. The topological polar surface area (TPSA) is 26.3 Å². The standard InChI is InChI=1S/C6H7BrO2/c7-2-1-5-3-6(8)9-4-5/h1-2,5H,3-4H2. The summed E-state index contributed by atoms with van der Waals surface area (Å²) in [5, 5.41) is 0. The van der Waals surface area contributed by atoms with Crippen LogP contribution in [0, 0.1) is 5.92 Å². The summed E-state index contributed by atoms with van der Waals surface area (Å²) in [4.78, 5) is 12.2. The van der Waals surface area contributed by atoms with Gasteiger partial charge in [0, 0.05) is 5.92 Å². The van der Waals surface area contributed by atoms with E-state index in [1.165, 1.54) is 0 Å². The Balaban J connectivity index is 2.39. The first-order valence-corrected chi connectivity index (χ1v) is 3.67. The van der Waals surface area contributed by atoms with Gasteiger partial charge >= 0.3 is 5.97 Å². The summed E-state index contributed by atoms with van der Waals surface area (Å²) in [6, 6.07) is 0. The number of carbonyl (C=O) groups is 1. The molecule has 1 heterocycles. The molecule has 0 aromatic heterocycles. The molecule has 0 aromatic rings. The van der Waals surface area contributed by atoms with Crippen LogP contribution in [0.1, 0.15) is 6.42 Å². The van der Waals surface area contributed by atoms with Gasteiger partial charge in [0.15, 0.2) is 0 Å². The minimum Gasteiger partial charge on any atom is -0.465 e. The van der Waals surface area contributed by atoms with Crippen LogP contribution in [0.5, 0.6) is 0 Å². The van der Waals surface area contributed by atoms with Crippen LogP contribution in [0.3, 0.4) is 0 Å². The Hall–Kier alpha value is -0.310. The van der Waals surface area contributed by atoms with E-state index in [1.54, 1.807) is 4.99 Å². The first-order valence-electron chi connectivity index (χ1n) is 2.75. The van der Waals surface area contributed by atoms with Gasteiger partial charge in [-0.05, 0) is 4.99 Å². The van der Waals surface area contributed by atoms with Crippen LogP contribution >= 0.6 is 15.9 Å². The molecular weight excluding hydrogens is 184 g/mol. The van der Waals surface area contributed by atoms with Gasteiger partial charge in [-0.25, -0.2) is 0 Å². The van der Waals surface area contributed by atoms with Crippen molar-refractivity contribution in [1.29, 1.82) is 0 Å². The summed E-state index contributed by atoms with van der Waals surface area (Å²) in [5.41, 5.74) is 0. The highest BCUT2D eigenvalue weighted by molar-refractivity contribution is 9.11. The molecule has 2 nitrogen and oxygen atoms in total. The van der Waals surface area contributed by atoms with Crippen molar-refractivity contribution in [2.45, 2.75) is 6.42 Å². The van der Waals surface area contributed by atoms with Crippen LogP contribution in [0.25, 0.3) is 0 Å². The molecule has 0 bridgehead atoms. The van der Waals surface area contributed by atoms with Gasteiger partial charge in [-0.3, -0.25) is 4.79 Å². The molecule has 1 unspecified atom stereocenters. The zero-order valence-corrected chi connectivity index (χ0v) is 6.43. The van der Waals surface area contributed by atoms with Gasteiger partial charge < -0.3 is 4.74 Å². The molecule has 1 saturated heterocycles. The summed E-state index contributed by atoms with van der Waals surface area (Å²) in [6.45, 7) is 0.543. The van der Waals surface area contributed by atoms with Crippen molar-refractivity contribution >= 4 is 21.9 Å². The van der Waals surface area contributed by atoms with Crippen LogP contribution in [0.4, 0.5) is 0 Å². The Morgan fingerprint density at radius 2 is 2.56 bits per heavy atom. The van der Waals surface area contributed by atoms with Crippen LogP contribution in [-0.2, 0) is 9.53 Å². The molecule has 0 saturated carbocycles. The zero-order valence-electron chi connectivity index (χ0n) is 4.84. The Kier molecular flexibility index (Phi) is 2.28. The maximum atomic E-state index is 10.5. The van der Waals surface area contributed by atoms with Crippen LogP contribution < -0.4 is 0 Å². The number of hydrogen-bond donors (Lipinski definition) is 0. The molecule has 1 aliphatic rings. The van der Waals surface area contributed by atoms with Gasteiger partial charge in [0.05, 0.1) is 13.0 Å². The fraction of sp³-hybridized carbons (Fsp3) is 0.500. The van der Waals surface area contributed by atoms with Crippen molar-refractivity contribution in [2.24, 2.45) is 5.92 Å². The summed E-state index contributed by atoms with van der Waals surface area (Å²) < 4.78 is 4.71. The van der Waals surface area contributed by atoms with E-state index < -0.39 is 0 Å². The van der Waals surface area contributed by atoms with Crippen LogP contribution in [0.2, 0.25) is 0 Å². The maximum Gasteiger partial charge on any atom is 0.306 e. The molecule has 1 aliphatic heterocycles. The van der Waals surface area contributed by atoms with Gasteiger partial charge in [-0.2, -0.15) is 0 Å². The number of ether oxygens (including phenoxy) is 1. The normalized spacial score (nSPS) is 27.2. The van der Waals surface area contributed by atoms with E-state index in [9.17, 15) is 4.79 Å². The zero-order chi connectivity index (χ0) is 6.69. The van der Waals surface area contributed by atoms with Crippen molar-refractivity contribution in [1.82, 2.24) is 0 Å². The molecule has 1 rings (SSSR count). The lowest BCUT2D eigenvalue weighted by atomic mass is 10.1. The number of cyclic esters (lactones) is 1. The quantitative estimate of drug-likeness (QED) is 0.586. The highest BCUT2D eigenvalue weighted by Crippen LogP contribution is 2.15. The third kappa shape index (κ3) is 1.82. The van der Waals surface area contributed by atoms with Crippen molar-refractivity contribution < 1.29 is 9.53 Å². The molecule has 1 fully saturated rings. The Bertz CT molecular complexity index is 142. The number of hydrogen-bond acceptors (Lipinski definition) is 2. The number of rotatable bonds is 1. The SMILES string of the molecule is O=C1CC(C=CBr)CO1. The van der Waals surface area contributed by atoms with Gasteiger partial charge in [-0.1, -0.05) is 22.0 Å². The lowest BCUT2D eigenvalue weighted by molar-refractivity contribution is -0.137. The van der Waals surface area contributed by atoms with Crippen LogP contribution in [0.15, 0.2) is 11.1 Å². The molecule has 3 heteroatoms. The largest absolute Gasteiger partial charge is 0.465 e. The first kappa shape index (κ1) is 6.81. The molecule has 0 radical (unpaired) electrons. The smallest absolute Gasteiger partial charge is 0.306 e. The lowest BCUT2D eigenvalue weighted by Crippen LogP contribution is -1.91. The fourth-order valence-corrected chi connectivity index (χ4v) is 1.19. The minimum absolute atomic E-state index is 0.0920. The molecule has 9 heavy (non-hydrogen) atoms. The Morgan fingerprint density at radius 3 is 3.00 bits per heavy atom. The fourth-order valence-electron chi connectivity index (χ4n) is 0.758. The van der Waals surface area contributed by atoms with E-state index >= 15 is 0 Å². The molecule has 0 aliphatic carbocycles. The Labute approximate surface area is 62.0 Å². The molecule has 50 valence electrons. The number of halogens is 1. The van der Waals surface area contributed by atoms with E-state index in [1.807, 2.05) is 6.08 Å². The minimum atomic E-state index is -0.0920. The average Bonchev–Trinajstić information content (AvgIpc) is 2.17. The van der Waals surface area contributed by atoms with Crippen LogP contribution in [-0.4, -0.2) is 12.6 Å². The molecule has 0 spiro atoms. The average molecular weight is 191 g/mol. The van der Waals surface area contributed by atoms with Crippen molar-refractivity contribution in [3.05, 3.63) is 11.1 Å². The van der Waals surface area contributed by atoms with Crippen molar-refractivity contribution in [3.63, 3.8) is 0 Å². The lowest BCUT2D eigenvalue weighted by Gasteiger charge is -1.92. The number of esters is 1. The predicted octanol–water partition coefficient (Wildman–Crippen LogP) is 1.46. The summed E-state index contributed by atoms with van der Waals surface area (Å²) >= 11 is 3.13. The van der Waals surface area contributed by atoms with E-state index in [2.05, 4.69) is 15.9 Å². The highest BCUT2D eigenvalue weighted by atomic mass is 79.9. The molecule has 0 aromatic carbocycles. The van der Waals surface area contributed by atoms with E-state index in [0.717, 1.165) is 0 Å². The molecule has 0 amide bonds. The third-order valence-corrected chi connectivity index (χ3v) is 1.54. The first-order chi connectivity index (χ1) is 4.33. The second-order valence-corrected chi connectivity index (χ2v) is 2.49. The van der Waals surface area contributed by atoms with E-state index in [-0.39, 0.29) is 11.9 Å². The van der Waals surface area contributed by atoms with Crippen molar-refractivity contribution in [3.8, 4) is 0 Å². The Morgan fingerprint density at radius 1 is 1.78 bits per heavy atom. The van der Waals surface area contributed by atoms with Gasteiger partial charge in [0.2, 0.25) is 0 Å². The van der Waals surface area contributed by atoms with E-state index in [0.29, 0.717) is 13.0 Å². The summed E-state index contributed by atoms with van der Waals surface area (Å²) in [6.07, 6.45) is 2.45. The van der Waals surface area contributed by atoms with Gasteiger partial charge in [0.25, 0.3) is 0 Å². The van der Waals surface area contributed by atoms with Gasteiger partial charge in [0.1, 0.15) is 0 Å². The molecule has 0 N–H and O–H groups in total. The molecular formula is C6H7BrO2. The second-order valence-electron chi connectivity index (χ2n) is 1.97. The summed E-state index contributed by atoms with van der Waals surface area (Å²) in [5.74, 6) is 0.197. The van der Waals surface area contributed by atoms with Gasteiger partial charge in [-0.15, -0.1) is 0 Å². The third-order valence-electron chi connectivity index (χ3n) is 1.23. The molecule has 1 atom stereocenters. The predicted molar refractivity (Wildman–Crippen MR) is 37.1 cm³/mol. The monoisotopic (exact) mass is 190 g/mol. The van der Waals surface area contributed by atoms with Crippen molar-refractivity contribution in [2.75, 3.05) is 6.61 Å².